The number of carbonyl (C=O) groups is 1. The lowest BCUT2D eigenvalue weighted by Gasteiger charge is -2.21. The number of benzene rings is 1. The fourth-order valence-electron chi connectivity index (χ4n) is 3.03. The molecule has 1 amide bonds. The molecule has 30 heavy (non-hydrogen) atoms. The molecule has 0 fully saturated rings. The largest absolute Gasteiger partial charge is 0.492 e. The number of rotatable bonds is 11. The summed E-state index contributed by atoms with van der Waals surface area (Å²) in [6, 6.07) is 7.46. The Bertz CT molecular complexity index is 950. The molecular weight excluding hydrogens is 418 g/mol. The van der Waals surface area contributed by atoms with Gasteiger partial charge >= 0.3 is 0 Å². The average molecular weight is 446 g/mol. The smallest absolute Gasteiger partial charge is 0.275 e. The lowest BCUT2D eigenvalue weighted by atomic mass is 10.3. The van der Waals surface area contributed by atoms with E-state index >= 15 is 0 Å². The van der Waals surface area contributed by atoms with E-state index in [0.29, 0.717) is 18.0 Å². The summed E-state index contributed by atoms with van der Waals surface area (Å²) in [5.41, 5.74) is 1.88. The highest BCUT2D eigenvalue weighted by molar-refractivity contribution is 7.18. The maximum atomic E-state index is 12.6. The molecule has 1 N–H and O–H groups in total. The molecule has 0 spiro atoms. The van der Waals surface area contributed by atoms with Gasteiger partial charge in [0.15, 0.2) is 0 Å². The molecule has 0 atom stereocenters. The number of thiazole rings is 1. The molecule has 0 saturated carbocycles. The first-order chi connectivity index (χ1) is 14.6. The molecule has 3 rings (SSSR count). The van der Waals surface area contributed by atoms with E-state index in [-0.39, 0.29) is 5.91 Å². The molecule has 3 aromatic rings. The van der Waals surface area contributed by atoms with Crippen LogP contribution in [0.15, 0.2) is 29.6 Å². The van der Waals surface area contributed by atoms with E-state index < -0.39 is 0 Å². The summed E-state index contributed by atoms with van der Waals surface area (Å²) in [5.74, 6) is 0.493. The zero-order chi connectivity index (χ0) is 21.3. The lowest BCUT2D eigenvalue weighted by molar-refractivity contribution is 0.102. The van der Waals surface area contributed by atoms with Crippen LogP contribution < -0.4 is 10.1 Å². The van der Waals surface area contributed by atoms with Crippen LogP contribution in [-0.4, -0.2) is 51.6 Å². The van der Waals surface area contributed by atoms with Gasteiger partial charge < -0.3 is 10.1 Å². The van der Waals surface area contributed by atoms with Gasteiger partial charge in [0.1, 0.15) is 27.9 Å². The number of carbonyl (C=O) groups excluding carboxylic acids is 1. The van der Waals surface area contributed by atoms with Crippen LogP contribution in [0.4, 0.5) is 5.69 Å². The number of hydrogen-bond donors (Lipinski definition) is 1. The van der Waals surface area contributed by atoms with Crippen LogP contribution in [0.25, 0.3) is 9.88 Å². The summed E-state index contributed by atoms with van der Waals surface area (Å²) < 4.78 is 9.83. The molecule has 0 aliphatic heterocycles. The third-order valence-corrected chi connectivity index (χ3v) is 6.25. The molecule has 0 radical (unpaired) electrons. The van der Waals surface area contributed by atoms with Crippen molar-refractivity contribution in [1.82, 2.24) is 19.5 Å². The Morgan fingerprint density at radius 2 is 2.00 bits per heavy atom. The first-order valence-electron chi connectivity index (χ1n) is 10.1. The number of nitrogens with one attached hydrogen (secondary N) is 1. The van der Waals surface area contributed by atoms with Gasteiger partial charge in [-0.15, -0.1) is 16.4 Å². The Balaban J connectivity index is 1.56. The second-order valence-electron chi connectivity index (χ2n) is 6.90. The van der Waals surface area contributed by atoms with Crippen LogP contribution in [0, 0.1) is 6.92 Å². The van der Waals surface area contributed by atoms with E-state index in [9.17, 15) is 4.79 Å². The Hall–Kier alpha value is -2.36. The van der Waals surface area contributed by atoms with Crippen LogP contribution in [0.2, 0.25) is 0 Å². The number of nitrogens with zero attached hydrogens (tertiary/aromatic N) is 4. The predicted molar refractivity (Wildman–Crippen MR) is 123 cm³/mol. The monoisotopic (exact) mass is 445 g/mol. The maximum absolute atomic E-state index is 12.6. The molecular formula is C21H27N5O2S2. The van der Waals surface area contributed by atoms with Gasteiger partial charge in [0.25, 0.3) is 5.91 Å². The number of aromatic nitrogens is 3. The van der Waals surface area contributed by atoms with Crippen molar-refractivity contribution in [3.05, 3.63) is 41.0 Å². The second-order valence-corrected chi connectivity index (χ2v) is 8.51. The summed E-state index contributed by atoms with van der Waals surface area (Å²) in [4.78, 5) is 20.3. The van der Waals surface area contributed by atoms with Gasteiger partial charge in [0, 0.05) is 23.7 Å². The van der Waals surface area contributed by atoms with Gasteiger partial charge in [-0.25, -0.2) is 4.98 Å². The Kier molecular flexibility index (Phi) is 8.30. The van der Waals surface area contributed by atoms with Gasteiger partial charge in [-0.05, 0) is 56.5 Å². The SMILES string of the molecule is CCCN(CCC)CCOc1cccc(NC(=O)c2csc(-c3snnc3C)n2)c1. The third-order valence-electron chi connectivity index (χ3n) is 4.43. The van der Waals surface area contributed by atoms with Crippen molar-refractivity contribution in [1.29, 1.82) is 0 Å². The number of hydrogen-bond acceptors (Lipinski definition) is 8. The molecule has 9 heteroatoms. The fraction of sp³-hybridized carbons (Fsp3) is 0.429. The summed E-state index contributed by atoms with van der Waals surface area (Å²) >= 11 is 2.70. The molecule has 0 unspecified atom stereocenters. The van der Waals surface area contributed by atoms with Crippen LogP contribution >= 0.6 is 22.9 Å². The minimum Gasteiger partial charge on any atom is -0.492 e. The van der Waals surface area contributed by atoms with Crippen LogP contribution in [0.3, 0.4) is 0 Å². The van der Waals surface area contributed by atoms with Crippen LogP contribution in [-0.2, 0) is 0 Å². The Morgan fingerprint density at radius 1 is 1.20 bits per heavy atom. The first kappa shape index (κ1) is 22.3. The van der Waals surface area contributed by atoms with E-state index in [0.717, 1.165) is 53.8 Å². The molecule has 1 aromatic carbocycles. The van der Waals surface area contributed by atoms with Gasteiger partial charge in [0.2, 0.25) is 0 Å². The summed E-state index contributed by atoms with van der Waals surface area (Å²) in [5, 5.41) is 9.40. The lowest BCUT2D eigenvalue weighted by Crippen LogP contribution is -2.30. The van der Waals surface area contributed by atoms with Crippen molar-refractivity contribution >= 4 is 34.5 Å². The molecule has 7 nitrogen and oxygen atoms in total. The highest BCUT2D eigenvalue weighted by atomic mass is 32.1. The van der Waals surface area contributed by atoms with Crippen LogP contribution in [0.5, 0.6) is 5.75 Å². The highest BCUT2D eigenvalue weighted by Crippen LogP contribution is 2.29. The fourth-order valence-corrected chi connectivity index (χ4v) is 4.62. The molecule has 160 valence electrons. The summed E-state index contributed by atoms with van der Waals surface area (Å²) in [6.07, 6.45) is 2.28. The van der Waals surface area contributed by atoms with Crippen molar-refractivity contribution in [3.8, 4) is 15.6 Å². The van der Waals surface area contributed by atoms with Crippen molar-refractivity contribution in [2.24, 2.45) is 0 Å². The molecule has 0 aliphatic rings. The van der Waals surface area contributed by atoms with E-state index in [2.05, 4.69) is 38.6 Å². The molecule has 2 heterocycles. The van der Waals surface area contributed by atoms with Gasteiger partial charge in [-0.3, -0.25) is 9.69 Å². The van der Waals surface area contributed by atoms with E-state index in [4.69, 9.17) is 4.74 Å². The number of amides is 1. The molecule has 0 saturated heterocycles. The second kappa shape index (κ2) is 11.1. The topological polar surface area (TPSA) is 80.2 Å². The van der Waals surface area contributed by atoms with E-state index in [1.165, 1.54) is 22.9 Å². The highest BCUT2D eigenvalue weighted by Gasteiger charge is 2.15. The molecule has 0 bridgehead atoms. The zero-order valence-corrected chi connectivity index (χ0v) is 19.2. The van der Waals surface area contributed by atoms with E-state index in [1.54, 1.807) is 5.38 Å². The number of anilines is 1. The van der Waals surface area contributed by atoms with Crippen molar-refractivity contribution < 1.29 is 9.53 Å². The maximum Gasteiger partial charge on any atom is 0.275 e. The minimum absolute atomic E-state index is 0.248. The third kappa shape index (κ3) is 6.07. The quantitative estimate of drug-likeness (QED) is 0.460. The van der Waals surface area contributed by atoms with Gasteiger partial charge in [-0.1, -0.05) is 24.4 Å². The minimum atomic E-state index is -0.248. The molecule has 2 aromatic heterocycles. The van der Waals surface area contributed by atoms with Crippen molar-refractivity contribution in [2.75, 3.05) is 31.6 Å². The van der Waals surface area contributed by atoms with Crippen LogP contribution in [0.1, 0.15) is 42.9 Å². The van der Waals surface area contributed by atoms with Gasteiger partial charge in [0.05, 0.1) is 5.69 Å². The normalized spacial score (nSPS) is 11.1. The Morgan fingerprint density at radius 3 is 2.70 bits per heavy atom. The predicted octanol–water partition coefficient (Wildman–Crippen LogP) is 4.72. The first-order valence-corrected chi connectivity index (χ1v) is 11.8. The average Bonchev–Trinajstić information content (AvgIpc) is 3.37. The summed E-state index contributed by atoms with van der Waals surface area (Å²) in [6.45, 7) is 9.95. The summed E-state index contributed by atoms with van der Waals surface area (Å²) in [7, 11) is 0. The van der Waals surface area contributed by atoms with Crippen molar-refractivity contribution in [2.45, 2.75) is 33.6 Å². The Labute approximate surface area is 185 Å². The molecule has 0 aliphatic carbocycles. The number of aryl methyl sites for hydroxylation is 1. The van der Waals surface area contributed by atoms with E-state index in [1.807, 2.05) is 31.2 Å². The standard InChI is InChI=1S/C21H27N5O2S2/c1-4-9-26(10-5-2)11-12-28-17-8-6-7-16(13-17)22-20(27)18-14-29-21(23-18)19-15(3)24-25-30-19/h6-8,13-14H,4-5,9-12H2,1-3H3,(H,22,27). The zero-order valence-electron chi connectivity index (χ0n) is 17.6. The van der Waals surface area contributed by atoms with Gasteiger partial charge in [-0.2, -0.15) is 0 Å². The number of ether oxygens (including phenoxy) is 1. The van der Waals surface area contributed by atoms with Crippen molar-refractivity contribution in [3.63, 3.8) is 0 Å².